The lowest BCUT2D eigenvalue weighted by atomic mass is 9.44. The normalized spacial score (nSPS) is 38.8. The molecule has 1 aromatic rings. The molecule has 7 nitrogen and oxygen atoms in total. The number of hydrogen-bond donors (Lipinski definition) is 1. The number of rotatable bonds is 7. The summed E-state index contributed by atoms with van der Waals surface area (Å²) >= 11 is 1.22. The molecule has 38 heavy (non-hydrogen) atoms. The van der Waals surface area contributed by atoms with Gasteiger partial charge in [0.05, 0.1) is 18.0 Å². The second-order valence-electron chi connectivity index (χ2n) is 12.6. The van der Waals surface area contributed by atoms with Gasteiger partial charge in [0, 0.05) is 34.9 Å². The molecule has 0 unspecified atom stereocenters. The van der Waals surface area contributed by atoms with Gasteiger partial charge in [-0.3, -0.25) is 9.59 Å². The number of esters is 1. The zero-order chi connectivity index (χ0) is 28.0. The molecule has 1 N–H and O–H groups in total. The lowest BCUT2D eigenvalue weighted by Crippen LogP contribution is -2.63. The number of nitrogens with zero attached hydrogens (tertiary/aromatic N) is 2. The minimum atomic E-state index is -0.679. The molecule has 1 aromatic heterocycles. The van der Waals surface area contributed by atoms with Crippen molar-refractivity contribution in [1.29, 1.82) is 0 Å². The molecule has 0 spiro atoms. The van der Waals surface area contributed by atoms with E-state index in [0.717, 1.165) is 25.0 Å². The molecule has 3 fully saturated rings. The topological polar surface area (TPSA) is 98.6 Å². The molecule has 3 aliphatic rings. The van der Waals surface area contributed by atoms with Gasteiger partial charge in [-0.1, -0.05) is 45.5 Å². The summed E-state index contributed by atoms with van der Waals surface area (Å²) in [5.41, 5.74) is -0.703. The third kappa shape index (κ3) is 4.91. The Kier molecular flexibility index (Phi) is 8.08. The Hall–Kier alpha value is -1.93. The highest BCUT2D eigenvalue weighted by Gasteiger charge is 2.68. The standard InChI is InChI=1S/C30H44N2O5S/c1-9-28(7)15-22(37-24(34)16-38-27-31-19(5)14-23(32-27)36-17(2)3)29(8)18(4)10-12-30(20(6)26(28)35)13-11-21(33)25(29)30/h9,14,17-18,20,22,25-26,35H,1,10-13,15-16H2,2-8H3/t18-,20+,22-,25+,26+,28-,29-,30+/m1/s1. The maximum atomic E-state index is 13.5. The van der Waals surface area contributed by atoms with E-state index in [0.29, 0.717) is 23.9 Å². The van der Waals surface area contributed by atoms with Crippen LogP contribution in [0.4, 0.5) is 0 Å². The summed E-state index contributed by atoms with van der Waals surface area (Å²) in [5.74, 6) is 0.302. The number of aliphatic hydroxyl groups is 1. The van der Waals surface area contributed by atoms with E-state index >= 15 is 0 Å². The van der Waals surface area contributed by atoms with E-state index in [1.165, 1.54) is 11.8 Å². The van der Waals surface area contributed by atoms with Crippen LogP contribution in [0.5, 0.6) is 5.88 Å². The fraction of sp³-hybridized carbons (Fsp3) is 0.733. The van der Waals surface area contributed by atoms with Crippen LogP contribution < -0.4 is 4.74 Å². The number of ketones is 1. The van der Waals surface area contributed by atoms with Gasteiger partial charge in [0.2, 0.25) is 5.88 Å². The van der Waals surface area contributed by atoms with Gasteiger partial charge in [0.15, 0.2) is 5.16 Å². The smallest absolute Gasteiger partial charge is 0.316 e. The van der Waals surface area contributed by atoms with Gasteiger partial charge in [-0.05, 0) is 63.7 Å². The number of aromatic nitrogens is 2. The van der Waals surface area contributed by atoms with Crippen molar-refractivity contribution in [2.24, 2.45) is 34.0 Å². The number of aryl methyl sites for hydroxylation is 1. The Labute approximate surface area is 231 Å². The first-order chi connectivity index (χ1) is 17.8. The first-order valence-electron chi connectivity index (χ1n) is 14.0. The van der Waals surface area contributed by atoms with E-state index in [2.05, 4.69) is 37.3 Å². The molecule has 0 aromatic carbocycles. The summed E-state index contributed by atoms with van der Waals surface area (Å²) in [6.07, 6.45) is 4.18. The van der Waals surface area contributed by atoms with Gasteiger partial charge in [0.25, 0.3) is 0 Å². The van der Waals surface area contributed by atoms with E-state index in [1.54, 1.807) is 6.07 Å². The van der Waals surface area contributed by atoms with Gasteiger partial charge in [0.1, 0.15) is 11.9 Å². The monoisotopic (exact) mass is 544 g/mol. The summed E-state index contributed by atoms with van der Waals surface area (Å²) in [4.78, 5) is 35.8. The van der Waals surface area contributed by atoms with Crippen LogP contribution in [0.3, 0.4) is 0 Å². The van der Waals surface area contributed by atoms with E-state index in [1.807, 2.05) is 33.8 Å². The van der Waals surface area contributed by atoms with Crippen LogP contribution >= 0.6 is 11.8 Å². The van der Waals surface area contributed by atoms with Gasteiger partial charge in [-0.15, -0.1) is 6.58 Å². The lowest BCUT2D eigenvalue weighted by Gasteiger charge is -2.61. The number of aliphatic hydroxyl groups excluding tert-OH is 1. The average molecular weight is 545 g/mol. The van der Waals surface area contributed by atoms with Crippen LogP contribution in [0.25, 0.3) is 0 Å². The van der Waals surface area contributed by atoms with Crippen molar-refractivity contribution < 1.29 is 24.2 Å². The van der Waals surface area contributed by atoms with Crippen LogP contribution in [0.15, 0.2) is 23.9 Å². The summed E-state index contributed by atoms with van der Waals surface area (Å²) in [7, 11) is 0. The van der Waals surface area contributed by atoms with Gasteiger partial charge < -0.3 is 14.6 Å². The molecular formula is C30H44N2O5S. The van der Waals surface area contributed by atoms with Crippen molar-refractivity contribution in [3.63, 3.8) is 0 Å². The molecular weight excluding hydrogens is 500 g/mol. The van der Waals surface area contributed by atoms with Crippen LogP contribution in [0.2, 0.25) is 0 Å². The predicted molar refractivity (Wildman–Crippen MR) is 148 cm³/mol. The fourth-order valence-electron chi connectivity index (χ4n) is 7.70. The molecule has 210 valence electrons. The number of Topliss-reactive ketones (excluding diaryl/α,β-unsaturated/α-hetero) is 1. The molecule has 0 saturated heterocycles. The number of ether oxygens (including phenoxy) is 2. The zero-order valence-electron chi connectivity index (χ0n) is 24.0. The highest BCUT2D eigenvalue weighted by molar-refractivity contribution is 7.99. The van der Waals surface area contributed by atoms with Crippen molar-refractivity contribution in [1.82, 2.24) is 9.97 Å². The van der Waals surface area contributed by atoms with Gasteiger partial charge >= 0.3 is 5.97 Å². The molecule has 3 aliphatic carbocycles. The minimum Gasteiger partial charge on any atom is -0.475 e. The van der Waals surface area contributed by atoms with Crippen molar-refractivity contribution in [3.05, 3.63) is 24.4 Å². The minimum absolute atomic E-state index is 0.0210. The van der Waals surface area contributed by atoms with Crippen LogP contribution in [0.1, 0.15) is 79.3 Å². The maximum Gasteiger partial charge on any atom is 0.316 e. The van der Waals surface area contributed by atoms with Gasteiger partial charge in [-0.2, -0.15) is 4.98 Å². The summed E-state index contributed by atoms with van der Waals surface area (Å²) in [5, 5.41) is 12.1. The number of carbonyl (C=O) groups is 2. The third-order valence-electron chi connectivity index (χ3n) is 10.1. The van der Waals surface area contributed by atoms with Crippen LogP contribution in [0, 0.1) is 40.9 Å². The van der Waals surface area contributed by atoms with Crippen molar-refractivity contribution in [2.45, 2.75) is 104 Å². The maximum absolute atomic E-state index is 13.5. The fourth-order valence-corrected chi connectivity index (χ4v) is 8.38. The highest BCUT2D eigenvalue weighted by atomic mass is 32.2. The highest BCUT2D eigenvalue weighted by Crippen LogP contribution is 2.68. The molecule has 0 radical (unpaired) electrons. The molecule has 1 heterocycles. The first kappa shape index (κ1) is 29.1. The Morgan fingerprint density at radius 2 is 2.00 bits per heavy atom. The van der Waals surface area contributed by atoms with E-state index < -0.39 is 23.0 Å². The quantitative estimate of drug-likeness (QED) is 0.206. The molecule has 3 saturated carbocycles. The molecule has 8 atom stereocenters. The largest absolute Gasteiger partial charge is 0.475 e. The lowest BCUT2D eigenvalue weighted by molar-refractivity contribution is -0.205. The second-order valence-corrected chi connectivity index (χ2v) is 13.6. The van der Waals surface area contributed by atoms with Crippen LogP contribution in [-0.2, 0) is 14.3 Å². The molecule has 4 rings (SSSR count). The van der Waals surface area contributed by atoms with Crippen molar-refractivity contribution >= 4 is 23.5 Å². The molecule has 2 bridgehead atoms. The number of carbonyl (C=O) groups excluding carboxylic acids is 2. The third-order valence-corrected chi connectivity index (χ3v) is 10.9. The zero-order valence-corrected chi connectivity index (χ0v) is 24.8. The Morgan fingerprint density at radius 1 is 1.29 bits per heavy atom. The van der Waals surface area contributed by atoms with Gasteiger partial charge in [-0.25, -0.2) is 4.98 Å². The molecule has 0 amide bonds. The summed E-state index contributed by atoms with van der Waals surface area (Å²) in [6, 6.07) is 1.77. The van der Waals surface area contributed by atoms with Crippen molar-refractivity contribution in [3.8, 4) is 5.88 Å². The van der Waals surface area contributed by atoms with E-state index in [-0.39, 0.29) is 46.8 Å². The predicted octanol–water partition coefficient (Wildman–Crippen LogP) is 5.57. The SMILES string of the molecule is C=C[C@]1(C)C[C@@H](OC(=O)CSc2nc(C)cc(OC(C)C)n2)[C@@]2(C)[C@H](C)CC[C@]3(CCC(=O)[C@H]32)[C@@H](C)[C@@H]1O. The van der Waals surface area contributed by atoms with Crippen molar-refractivity contribution in [2.75, 3.05) is 5.75 Å². The Morgan fingerprint density at radius 3 is 2.66 bits per heavy atom. The van der Waals surface area contributed by atoms with Crippen LogP contribution in [-0.4, -0.2) is 50.9 Å². The summed E-state index contributed by atoms with van der Waals surface area (Å²) < 4.78 is 12.0. The molecule has 8 heteroatoms. The van der Waals surface area contributed by atoms with E-state index in [9.17, 15) is 14.7 Å². The first-order valence-corrected chi connectivity index (χ1v) is 14.9. The second kappa shape index (κ2) is 10.6. The van der Waals surface area contributed by atoms with E-state index in [4.69, 9.17) is 9.47 Å². The average Bonchev–Trinajstić information content (AvgIpc) is 3.20. The molecule has 0 aliphatic heterocycles. The Balaban J connectivity index is 1.63. The number of hydrogen-bond acceptors (Lipinski definition) is 8. The Bertz CT molecular complexity index is 1090. The summed E-state index contributed by atoms with van der Waals surface area (Å²) in [6.45, 7) is 18.3. The number of thioether (sulfide) groups is 1.